The molecule has 214 valence electrons. The number of halogens is 2. The third kappa shape index (κ3) is 7.29. The van der Waals surface area contributed by atoms with E-state index in [-0.39, 0.29) is 28.8 Å². The Kier molecular flexibility index (Phi) is 8.96. The van der Waals surface area contributed by atoms with Gasteiger partial charge in [0.15, 0.2) is 5.82 Å². The number of hydrazine groups is 1. The van der Waals surface area contributed by atoms with E-state index in [0.29, 0.717) is 30.6 Å². The Labute approximate surface area is 236 Å². The van der Waals surface area contributed by atoms with Gasteiger partial charge < -0.3 is 19.5 Å². The zero-order chi connectivity index (χ0) is 29.0. The van der Waals surface area contributed by atoms with Crippen molar-refractivity contribution < 1.29 is 27.1 Å². The highest BCUT2D eigenvalue weighted by Gasteiger charge is 2.34. The van der Waals surface area contributed by atoms with Crippen LogP contribution in [0.3, 0.4) is 0 Å². The second kappa shape index (κ2) is 12.2. The van der Waals surface area contributed by atoms with Gasteiger partial charge in [0.05, 0.1) is 35.5 Å². The molecule has 0 aliphatic heterocycles. The summed E-state index contributed by atoms with van der Waals surface area (Å²) in [6.07, 6.45) is 4.14. The maximum absolute atomic E-state index is 14.6. The van der Waals surface area contributed by atoms with Gasteiger partial charge in [-0.05, 0) is 48.6 Å². The van der Waals surface area contributed by atoms with E-state index < -0.39 is 27.3 Å². The number of hydrogen-bond acceptors (Lipinski definition) is 6. The van der Waals surface area contributed by atoms with Crippen molar-refractivity contribution in [3.8, 4) is 17.0 Å². The number of methoxy groups -OCH3 is 1. The predicted octanol–water partition coefficient (Wildman–Crippen LogP) is 3.07. The third-order valence-corrected chi connectivity index (χ3v) is 8.14. The topological polar surface area (TPSA) is 135 Å². The van der Waals surface area contributed by atoms with Crippen molar-refractivity contribution in [2.75, 3.05) is 19.9 Å². The normalized spacial score (nSPS) is 16.6. The van der Waals surface area contributed by atoms with Gasteiger partial charge >= 0.3 is 6.03 Å². The first-order chi connectivity index (χ1) is 18.9. The van der Waals surface area contributed by atoms with Gasteiger partial charge in [-0.25, -0.2) is 22.6 Å². The van der Waals surface area contributed by atoms with Crippen molar-refractivity contribution in [2.24, 2.45) is 13.0 Å². The van der Waals surface area contributed by atoms with E-state index in [9.17, 15) is 22.4 Å². The molecule has 1 heterocycles. The van der Waals surface area contributed by atoms with E-state index in [4.69, 9.17) is 16.3 Å². The standard InChI is InChI=1S/C26H30ClFN6O5S/c1-33-13-23(29-15-33)18-10-21(24(28)22(27)11-18)25(35)31-32-40(37,38)14-17-8-19(9-17)30-26(36)34(2)12-16-4-6-20(39-3)7-5-16/h4-7,10-11,13,15,17,19,32H,8-9,12,14H2,1-3H3,(H,30,36)(H,31,35)/t17-,19-. The molecule has 1 aromatic heterocycles. The number of amides is 3. The molecule has 11 nitrogen and oxygen atoms in total. The van der Waals surface area contributed by atoms with Crippen molar-refractivity contribution in [3.63, 3.8) is 0 Å². The van der Waals surface area contributed by atoms with Gasteiger partial charge in [-0.3, -0.25) is 10.2 Å². The minimum atomic E-state index is -3.93. The number of hydrogen-bond donors (Lipinski definition) is 3. The minimum Gasteiger partial charge on any atom is -0.497 e. The van der Waals surface area contributed by atoms with Gasteiger partial charge in [0.25, 0.3) is 5.91 Å². The Hall–Kier alpha value is -3.68. The molecular formula is C26H30ClFN6O5S. The van der Waals surface area contributed by atoms with Gasteiger partial charge in [0.1, 0.15) is 5.75 Å². The smallest absolute Gasteiger partial charge is 0.317 e. The summed E-state index contributed by atoms with van der Waals surface area (Å²) in [6, 6.07) is 9.55. The van der Waals surface area contributed by atoms with Crippen LogP contribution in [0.4, 0.5) is 9.18 Å². The fourth-order valence-corrected chi connectivity index (χ4v) is 5.80. The highest BCUT2D eigenvalue weighted by molar-refractivity contribution is 7.89. The summed E-state index contributed by atoms with van der Waals surface area (Å²) in [4.78, 5) is 32.8. The Morgan fingerprint density at radius 1 is 1.23 bits per heavy atom. The highest BCUT2D eigenvalue weighted by Crippen LogP contribution is 2.29. The lowest BCUT2D eigenvalue weighted by Crippen LogP contribution is -2.51. The summed E-state index contributed by atoms with van der Waals surface area (Å²) in [5, 5.41) is 2.60. The van der Waals surface area contributed by atoms with Crippen LogP contribution in [-0.4, -0.2) is 60.8 Å². The SMILES string of the molecule is COc1ccc(CN(C)C(=O)N[C@H]2C[C@H](CS(=O)(=O)NNC(=O)c3cc(-c4cn(C)cn4)cc(Cl)c3F)C2)cc1. The average molecular weight is 593 g/mol. The second-order valence-corrected chi connectivity index (χ2v) is 11.9. The summed E-state index contributed by atoms with van der Waals surface area (Å²) in [5.74, 6) is -1.73. The number of nitrogens with one attached hydrogen (secondary N) is 3. The number of carbonyl (C=O) groups excluding carboxylic acids is 2. The fraction of sp³-hybridized carbons (Fsp3) is 0.346. The molecule has 3 amide bonds. The monoisotopic (exact) mass is 592 g/mol. The molecule has 14 heteroatoms. The number of aromatic nitrogens is 2. The molecule has 0 radical (unpaired) electrons. The Balaban J connectivity index is 1.24. The van der Waals surface area contributed by atoms with Gasteiger partial charge in [0, 0.05) is 38.4 Å². The molecule has 3 N–H and O–H groups in total. The number of carbonyl (C=O) groups is 2. The van der Waals surface area contributed by atoms with Crippen molar-refractivity contribution in [1.82, 2.24) is 30.0 Å². The maximum Gasteiger partial charge on any atom is 0.317 e. The summed E-state index contributed by atoms with van der Waals surface area (Å²) >= 11 is 5.96. The van der Waals surface area contributed by atoms with Crippen molar-refractivity contribution in [2.45, 2.75) is 25.4 Å². The molecule has 0 spiro atoms. The van der Waals surface area contributed by atoms with Crippen LogP contribution in [0.15, 0.2) is 48.9 Å². The molecule has 40 heavy (non-hydrogen) atoms. The number of urea groups is 1. The lowest BCUT2D eigenvalue weighted by Gasteiger charge is -2.36. The first kappa shape index (κ1) is 29.3. The maximum atomic E-state index is 14.6. The van der Waals surface area contributed by atoms with E-state index in [1.54, 1.807) is 32.0 Å². The molecule has 1 aliphatic rings. The van der Waals surface area contributed by atoms with Crippen LogP contribution in [-0.2, 0) is 23.6 Å². The van der Waals surface area contributed by atoms with Crippen molar-refractivity contribution in [3.05, 3.63) is 70.9 Å². The molecule has 4 rings (SSSR count). The number of rotatable bonds is 10. The van der Waals surface area contributed by atoms with E-state index >= 15 is 0 Å². The molecule has 0 saturated heterocycles. The van der Waals surface area contributed by atoms with E-state index in [2.05, 4.69) is 10.3 Å². The Morgan fingerprint density at radius 3 is 2.55 bits per heavy atom. The van der Waals surface area contributed by atoms with Crippen LogP contribution in [0.5, 0.6) is 5.75 Å². The second-order valence-electron chi connectivity index (χ2n) is 9.77. The number of nitrogens with zero attached hydrogens (tertiary/aromatic N) is 3. The Bertz CT molecular complexity index is 1490. The highest BCUT2D eigenvalue weighted by atomic mass is 35.5. The fourth-order valence-electron chi connectivity index (χ4n) is 4.36. The van der Waals surface area contributed by atoms with Crippen LogP contribution in [0, 0.1) is 11.7 Å². The van der Waals surface area contributed by atoms with Crippen LogP contribution in [0.2, 0.25) is 5.02 Å². The number of sulfonamides is 1. The summed E-state index contributed by atoms with van der Waals surface area (Å²) in [5.41, 5.74) is 3.43. The van der Waals surface area contributed by atoms with E-state index in [0.717, 1.165) is 11.3 Å². The van der Waals surface area contributed by atoms with Crippen LogP contribution in [0.25, 0.3) is 11.3 Å². The lowest BCUT2D eigenvalue weighted by molar-refractivity contribution is 0.0940. The van der Waals surface area contributed by atoms with E-state index in [1.165, 1.54) is 23.4 Å². The van der Waals surface area contributed by atoms with E-state index in [1.807, 2.05) is 34.5 Å². The van der Waals surface area contributed by atoms with Crippen molar-refractivity contribution >= 4 is 33.6 Å². The van der Waals surface area contributed by atoms with Gasteiger partial charge in [-0.15, -0.1) is 4.83 Å². The zero-order valence-electron chi connectivity index (χ0n) is 22.1. The quantitative estimate of drug-likeness (QED) is 0.310. The minimum absolute atomic E-state index is 0.161. The van der Waals surface area contributed by atoms with Gasteiger partial charge in [-0.2, -0.15) is 0 Å². The van der Waals surface area contributed by atoms with Crippen LogP contribution in [0.1, 0.15) is 28.8 Å². The van der Waals surface area contributed by atoms with Crippen LogP contribution < -0.4 is 20.3 Å². The molecule has 0 bridgehead atoms. The van der Waals surface area contributed by atoms with Gasteiger partial charge in [0.2, 0.25) is 10.0 Å². The molecule has 1 aliphatic carbocycles. The average Bonchev–Trinajstić information content (AvgIpc) is 3.34. The number of imidazole rings is 1. The molecule has 3 aromatic rings. The summed E-state index contributed by atoms with van der Waals surface area (Å²) in [7, 11) is 1.09. The molecule has 2 aromatic carbocycles. The van der Waals surface area contributed by atoms with Crippen LogP contribution >= 0.6 is 11.6 Å². The Morgan fingerprint density at radius 2 is 1.93 bits per heavy atom. The van der Waals surface area contributed by atoms with Gasteiger partial charge in [-0.1, -0.05) is 23.7 Å². The number of benzene rings is 2. The molecule has 0 atom stereocenters. The predicted molar refractivity (Wildman–Crippen MR) is 148 cm³/mol. The first-order valence-electron chi connectivity index (χ1n) is 12.4. The van der Waals surface area contributed by atoms with Crippen molar-refractivity contribution in [1.29, 1.82) is 0 Å². The summed E-state index contributed by atoms with van der Waals surface area (Å²) < 4.78 is 46.4. The third-order valence-electron chi connectivity index (χ3n) is 6.54. The summed E-state index contributed by atoms with van der Waals surface area (Å²) in [6.45, 7) is 0.403. The molecular weight excluding hydrogens is 563 g/mol. The molecule has 0 unspecified atom stereocenters. The largest absolute Gasteiger partial charge is 0.497 e. The first-order valence-corrected chi connectivity index (χ1v) is 14.4. The molecule has 1 fully saturated rings. The zero-order valence-corrected chi connectivity index (χ0v) is 23.7. The number of aryl methyl sites for hydroxylation is 1. The molecule has 1 saturated carbocycles. The lowest BCUT2D eigenvalue weighted by atomic mass is 9.82. The number of ether oxygens (including phenoxy) is 1.